The summed E-state index contributed by atoms with van der Waals surface area (Å²) in [4.78, 5) is 4.05. The summed E-state index contributed by atoms with van der Waals surface area (Å²) in [5.74, 6) is 0.565. The van der Waals surface area contributed by atoms with Gasteiger partial charge >= 0.3 is 0 Å². The summed E-state index contributed by atoms with van der Waals surface area (Å²) < 4.78 is 2.07. The molecule has 2 unspecified atom stereocenters. The molecule has 0 aromatic carbocycles. The predicted molar refractivity (Wildman–Crippen MR) is 57.3 cm³/mol. The molecule has 1 saturated carbocycles. The zero-order valence-electron chi connectivity index (χ0n) is 8.19. The Balaban J connectivity index is 2.19. The van der Waals surface area contributed by atoms with Crippen molar-refractivity contribution in [3.05, 3.63) is 17.7 Å². The van der Waals surface area contributed by atoms with Crippen molar-refractivity contribution in [1.82, 2.24) is 9.55 Å². The van der Waals surface area contributed by atoms with Gasteiger partial charge in [-0.1, -0.05) is 12.8 Å². The third-order valence-corrected chi connectivity index (χ3v) is 3.44. The second-order valence-corrected chi connectivity index (χ2v) is 4.29. The molecule has 0 spiro atoms. The number of hydrogen-bond donors (Lipinski definition) is 1. The lowest BCUT2D eigenvalue weighted by molar-refractivity contribution is 0.245. The van der Waals surface area contributed by atoms with E-state index in [0.717, 1.165) is 6.54 Å². The van der Waals surface area contributed by atoms with Crippen LogP contribution >= 0.6 is 11.6 Å². The Kier molecular flexibility index (Phi) is 3.08. The maximum Gasteiger partial charge on any atom is 0.202 e. The molecule has 0 radical (unpaired) electrons. The smallest absolute Gasteiger partial charge is 0.202 e. The Morgan fingerprint density at radius 2 is 2.29 bits per heavy atom. The quantitative estimate of drug-likeness (QED) is 0.819. The summed E-state index contributed by atoms with van der Waals surface area (Å²) in [6.45, 7) is 0.749. The second kappa shape index (κ2) is 4.32. The minimum Gasteiger partial charge on any atom is -0.330 e. The van der Waals surface area contributed by atoms with Gasteiger partial charge in [-0.15, -0.1) is 0 Å². The third-order valence-electron chi connectivity index (χ3n) is 3.15. The Bertz CT molecular complexity index is 297. The molecule has 1 aliphatic rings. The van der Waals surface area contributed by atoms with E-state index in [0.29, 0.717) is 17.2 Å². The van der Waals surface area contributed by atoms with E-state index >= 15 is 0 Å². The van der Waals surface area contributed by atoms with E-state index in [4.69, 9.17) is 17.3 Å². The summed E-state index contributed by atoms with van der Waals surface area (Å²) in [6, 6.07) is 0.462. The molecular weight excluding hydrogens is 198 g/mol. The van der Waals surface area contributed by atoms with E-state index in [1.54, 1.807) is 6.20 Å². The van der Waals surface area contributed by atoms with Gasteiger partial charge in [0.25, 0.3) is 0 Å². The number of nitrogens with zero attached hydrogens (tertiary/aromatic N) is 2. The predicted octanol–water partition coefficient (Wildman–Crippen LogP) is 2.23. The van der Waals surface area contributed by atoms with Crippen molar-refractivity contribution in [1.29, 1.82) is 0 Å². The van der Waals surface area contributed by atoms with Gasteiger partial charge < -0.3 is 10.3 Å². The topological polar surface area (TPSA) is 43.8 Å². The van der Waals surface area contributed by atoms with E-state index in [-0.39, 0.29) is 0 Å². The van der Waals surface area contributed by atoms with Gasteiger partial charge in [0.15, 0.2) is 0 Å². The molecule has 1 aromatic rings. The molecule has 1 heterocycles. The van der Waals surface area contributed by atoms with Crippen molar-refractivity contribution in [3.8, 4) is 0 Å². The zero-order chi connectivity index (χ0) is 9.97. The Hall–Kier alpha value is -0.540. The van der Waals surface area contributed by atoms with Crippen LogP contribution in [-0.2, 0) is 0 Å². The molecule has 2 rings (SSSR count). The summed E-state index contributed by atoms with van der Waals surface area (Å²) in [5.41, 5.74) is 5.77. The molecule has 2 atom stereocenters. The summed E-state index contributed by atoms with van der Waals surface area (Å²) >= 11 is 6.01. The normalized spacial score (nSPS) is 27.9. The SMILES string of the molecule is NCC1CCCCC1n1ccnc1Cl. The number of aromatic nitrogens is 2. The molecular formula is C10H16ClN3. The molecule has 1 aromatic heterocycles. The lowest BCUT2D eigenvalue weighted by Crippen LogP contribution is -2.28. The minimum atomic E-state index is 0.462. The first-order chi connectivity index (χ1) is 6.83. The minimum absolute atomic E-state index is 0.462. The van der Waals surface area contributed by atoms with Crippen molar-refractivity contribution >= 4 is 11.6 Å². The van der Waals surface area contributed by atoms with E-state index in [1.165, 1.54) is 25.7 Å². The summed E-state index contributed by atoms with van der Waals surface area (Å²) in [5, 5.41) is 0.593. The van der Waals surface area contributed by atoms with E-state index in [1.807, 2.05) is 6.20 Å². The van der Waals surface area contributed by atoms with Crippen molar-refractivity contribution in [2.75, 3.05) is 6.54 Å². The third kappa shape index (κ3) is 1.79. The van der Waals surface area contributed by atoms with Crippen LogP contribution < -0.4 is 5.73 Å². The molecule has 78 valence electrons. The highest BCUT2D eigenvalue weighted by Gasteiger charge is 2.26. The molecule has 1 aliphatic carbocycles. The maximum atomic E-state index is 6.01. The number of halogens is 1. The first kappa shape index (κ1) is 9.99. The molecule has 2 N–H and O–H groups in total. The average molecular weight is 214 g/mol. The highest BCUT2D eigenvalue weighted by molar-refractivity contribution is 6.28. The first-order valence-electron chi connectivity index (χ1n) is 5.21. The molecule has 3 nitrogen and oxygen atoms in total. The Morgan fingerprint density at radius 1 is 1.50 bits per heavy atom. The van der Waals surface area contributed by atoms with Crippen LogP contribution in [-0.4, -0.2) is 16.1 Å². The van der Waals surface area contributed by atoms with Crippen LogP contribution in [0.5, 0.6) is 0 Å². The van der Waals surface area contributed by atoms with Crippen LogP contribution in [0.4, 0.5) is 0 Å². The van der Waals surface area contributed by atoms with E-state index in [2.05, 4.69) is 9.55 Å². The fourth-order valence-corrected chi connectivity index (χ4v) is 2.61. The molecule has 0 aliphatic heterocycles. The van der Waals surface area contributed by atoms with E-state index < -0.39 is 0 Å². The summed E-state index contributed by atoms with van der Waals surface area (Å²) in [6.07, 6.45) is 8.68. The lowest BCUT2D eigenvalue weighted by atomic mass is 9.84. The number of imidazole rings is 1. The van der Waals surface area contributed by atoms with Crippen molar-refractivity contribution in [2.24, 2.45) is 11.7 Å². The van der Waals surface area contributed by atoms with Crippen molar-refractivity contribution in [2.45, 2.75) is 31.7 Å². The van der Waals surface area contributed by atoms with Crippen molar-refractivity contribution in [3.63, 3.8) is 0 Å². The largest absolute Gasteiger partial charge is 0.330 e. The molecule has 14 heavy (non-hydrogen) atoms. The highest BCUT2D eigenvalue weighted by atomic mass is 35.5. The molecule has 0 saturated heterocycles. The van der Waals surface area contributed by atoms with Gasteiger partial charge in [-0.25, -0.2) is 4.98 Å². The zero-order valence-corrected chi connectivity index (χ0v) is 8.95. The monoisotopic (exact) mass is 213 g/mol. The number of hydrogen-bond acceptors (Lipinski definition) is 2. The van der Waals surface area contributed by atoms with Gasteiger partial charge in [-0.2, -0.15) is 0 Å². The Morgan fingerprint density at radius 3 is 2.93 bits per heavy atom. The molecule has 0 bridgehead atoms. The first-order valence-corrected chi connectivity index (χ1v) is 5.59. The van der Waals surface area contributed by atoms with Gasteiger partial charge in [-0.3, -0.25) is 0 Å². The number of nitrogens with two attached hydrogens (primary N) is 1. The van der Waals surface area contributed by atoms with Gasteiger partial charge in [0.05, 0.1) is 0 Å². The van der Waals surface area contributed by atoms with Crippen LogP contribution in [0, 0.1) is 5.92 Å². The number of rotatable bonds is 2. The standard InChI is InChI=1S/C10H16ClN3/c11-10-13-5-6-14(10)9-4-2-1-3-8(9)7-12/h5-6,8-9H,1-4,7,12H2. The highest BCUT2D eigenvalue weighted by Crippen LogP contribution is 2.34. The average Bonchev–Trinajstić information content (AvgIpc) is 2.64. The van der Waals surface area contributed by atoms with Crippen LogP contribution in [0.15, 0.2) is 12.4 Å². The van der Waals surface area contributed by atoms with Gasteiger partial charge in [0.1, 0.15) is 0 Å². The summed E-state index contributed by atoms with van der Waals surface area (Å²) in [7, 11) is 0. The second-order valence-electron chi connectivity index (χ2n) is 3.95. The van der Waals surface area contributed by atoms with Crippen LogP contribution in [0.2, 0.25) is 5.28 Å². The molecule has 4 heteroatoms. The van der Waals surface area contributed by atoms with E-state index in [9.17, 15) is 0 Å². The van der Waals surface area contributed by atoms with Gasteiger partial charge in [0, 0.05) is 18.4 Å². The van der Waals surface area contributed by atoms with Crippen molar-refractivity contribution < 1.29 is 0 Å². The van der Waals surface area contributed by atoms with Crippen LogP contribution in [0.1, 0.15) is 31.7 Å². The van der Waals surface area contributed by atoms with Crippen LogP contribution in [0.25, 0.3) is 0 Å². The lowest BCUT2D eigenvalue weighted by Gasteiger charge is -2.31. The Labute approximate surface area is 89.3 Å². The fraction of sp³-hybridized carbons (Fsp3) is 0.700. The maximum absolute atomic E-state index is 6.01. The molecule has 0 amide bonds. The molecule has 1 fully saturated rings. The van der Waals surface area contributed by atoms with Gasteiger partial charge in [-0.05, 0) is 36.9 Å². The van der Waals surface area contributed by atoms with Crippen LogP contribution in [0.3, 0.4) is 0 Å². The van der Waals surface area contributed by atoms with Gasteiger partial charge in [0.2, 0.25) is 5.28 Å². The fourth-order valence-electron chi connectivity index (χ4n) is 2.37.